The van der Waals surface area contributed by atoms with Crippen LogP contribution in [0.5, 0.6) is 0 Å². The molecular formula is C17H21NO. The summed E-state index contributed by atoms with van der Waals surface area (Å²) in [5.74, 6) is 1.75. The van der Waals surface area contributed by atoms with Crippen LogP contribution in [0.25, 0.3) is 0 Å². The summed E-state index contributed by atoms with van der Waals surface area (Å²) in [6.07, 6.45) is 4.20. The maximum atomic E-state index is 5.43. The van der Waals surface area contributed by atoms with Crippen LogP contribution in [0, 0.1) is 6.92 Å². The van der Waals surface area contributed by atoms with E-state index in [9.17, 15) is 0 Å². The quantitative estimate of drug-likeness (QED) is 0.886. The number of nitrogens with one attached hydrogen (secondary N) is 1. The first-order chi connectivity index (χ1) is 9.22. The minimum atomic E-state index is 0.304. The van der Waals surface area contributed by atoms with Crippen LogP contribution in [0.3, 0.4) is 0 Å². The molecule has 19 heavy (non-hydrogen) atoms. The van der Waals surface area contributed by atoms with Crippen molar-refractivity contribution in [1.82, 2.24) is 5.32 Å². The Morgan fingerprint density at radius 1 is 1.21 bits per heavy atom. The summed E-state index contributed by atoms with van der Waals surface area (Å²) in [6.45, 7) is 4.33. The Labute approximate surface area is 114 Å². The van der Waals surface area contributed by atoms with Gasteiger partial charge in [0.2, 0.25) is 0 Å². The topological polar surface area (TPSA) is 25.2 Å². The molecule has 1 aromatic carbocycles. The second-order valence-corrected chi connectivity index (χ2v) is 5.68. The van der Waals surface area contributed by atoms with E-state index in [0.717, 1.165) is 11.7 Å². The van der Waals surface area contributed by atoms with Crippen molar-refractivity contribution >= 4 is 0 Å². The minimum Gasteiger partial charge on any atom is -0.468 e. The number of furan rings is 1. The van der Waals surface area contributed by atoms with E-state index in [1.807, 2.05) is 12.1 Å². The van der Waals surface area contributed by atoms with Gasteiger partial charge in [0, 0.05) is 6.04 Å². The van der Waals surface area contributed by atoms with Crippen molar-refractivity contribution in [3.05, 3.63) is 59.5 Å². The molecule has 1 fully saturated rings. The van der Waals surface area contributed by atoms with E-state index in [0.29, 0.717) is 12.1 Å². The Hall–Kier alpha value is -1.54. The molecule has 3 rings (SSSR count). The van der Waals surface area contributed by atoms with E-state index in [-0.39, 0.29) is 0 Å². The molecule has 1 heterocycles. The highest BCUT2D eigenvalue weighted by Crippen LogP contribution is 2.38. The molecule has 2 nitrogen and oxygen atoms in total. The molecule has 2 heteroatoms. The maximum Gasteiger partial charge on any atom is 0.120 e. The lowest BCUT2D eigenvalue weighted by Crippen LogP contribution is -2.41. The summed E-state index contributed by atoms with van der Waals surface area (Å²) < 4.78 is 5.43. The van der Waals surface area contributed by atoms with Crippen LogP contribution in [0.15, 0.2) is 47.1 Å². The second kappa shape index (κ2) is 5.22. The molecule has 0 saturated heterocycles. The molecular weight excluding hydrogens is 234 g/mol. The molecule has 0 spiro atoms. The van der Waals surface area contributed by atoms with Crippen LogP contribution in [-0.4, -0.2) is 6.04 Å². The Kier molecular flexibility index (Phi) is 3.43. The third-order valence-electron chi connectivity index (χ3n) is 4.11. The molecule has 0 radical (unpaired) electrons. The van der Waals surface area contributed by atoms with Crippen LogP contribution in [0.2, 0.25) is 0 Å². The standard InChI is InChI=1S/C17H21NO/c1-12-5-3-6-14(9-12)15-10-16(11-15)18-13(2)17-7-4-8-19-17/h3-9,13,15-16,18H,10-11H2,1-2H3/t13-,15?,16?/m0/s1. The predicted molar refractivity (Wildman–Crippen MR) is 77.2 cm³/mol. The molecule has 2 aromatic rings. The van der Waals surface area contributed by atoms with Crippen molar-refractivity contribution in [2.45, 2.75) is 44.7 Å². The van der Waals surface area contributed by atoms with Gasteiger partial charge in [-0.25, -0.2) is 0 Å². The highest BCUT2D eigenvalue weighted by Gasteiger charge is 2.31. The van der Waals surface area contributed by atoms with Gasteiger partial charge in [0.15, 0.2) is 0 Å². The number of hydrogen-bond acceptors (Lipinski definition) is 2. The van der Waals surface area contributed by atoms with Gasteiger partial charge in [-0.05, 0) is 50.3 Å². The fourth-order valence-electron chi connectivity index (χ4n) is 2.92. The van der Waals surface area contributed by atoms with Gasteiger partial charge in [-0.3, -0.25) is 0 Å². The molecule has 1 saturated carbocycles. The number of rotatable bonds is 4. The SMILES string of the molecule is Cc1cccc(C2CC(N[C@@H](C)c3ccco3)C2)c1. The zero-order chi connectivity index (χ0) is 13.2. The largest absolute Gasteiger partial charge is 0.468 e. The zero-order valence-electron chi connectivity index (χ0n) is 11.6. The van der Waals surface area contributed by atoms with Gasteiger partial charge in [-0.15, -0.1) is 0 Å². The van der Waals surface area contributed by atoms with E-state index in [4.69, 9.17) is 4.42 Å². The summed E-state index contributed by atoms with van der Waals surface area (Å²) >= 11 is 0. The summed E-state index contributed by atoms with van der Waals surface area (Å²) in [7, 11) is 0. The van der Waals surface area contributed by atoms with Crippen molar-refractivity contribution in [2.24, 2.45) is 0 Å². The van der Waals surface area contributed by atoms with Crippen LogP contribution in [0.4, 0.5) is 0 Å². The minimum absolute atomic E-state index is 0.304. The third-order valence-corrected chi connectivity index (χ3v) is 4.11. The molecule has 0 bridgehead atoms. The van der Waals surface area contributed by atoms with Gasteiger partial charge in [0.1, 0.15) is 5.76 Å². The lowest BCUT2D eigenvalue weighted by Gasteiger charge is -2.38. The van der Waals surface area contributed by atoms with Crippen LogP contribution < -0.4 is 5.32 Å². The molecule has 1 aromatic heterocycles. The van der Waals surface area contributed by atoms with Crippen molar-refractivity contribution in [3.63, 3.8) is 0 Å². The van der Waals surface area contributed by atoms with Crippen LogP contribution in [0.1, 0.15) is 48.6 Å². The van der Waals surface area contributed by atoms with Crippen molar-refractivity contribution in [3.8, 4) is 0 Å². The van der Waals surface area contributed by atoms with Gasteiger partial charge in [0.25, 0.3) is 0 Å². The fourth-order valence-corrected chi connectivity index (χ4v) is 2.92. The average Bonchev–Trinajstić information content (AvgIpc) is 2.86. The first-order valence-electron chi connectivity index (χ1n) is 7.08. The molecule has 1 atom stereocenters. The summed E-state index contributed by atoms with van der Waals surface area (Å²) in [4.78, 5) is 0. The third kappa shape index (κ3) is 2.74. The molecule has 0 unspecified atom stereocenters. The smallest absolute Gasteiger partial charge is 0.120 e. The summed E-state index contributed by atoms with van der Waals surface area (Å²) in [5.41, 5.74) is 2.85. The Bertz CT molecular complexity index is 526. The summed E-state index contributed by atoms with van der Waals surface area (Å²) in [6, 6.07) is 13.8. The van der Waals surface area contributed by atoms with Crippen molar-refractivity contribution < 1.29 is 4.42 Å². The zero-order valence-corrected chi connectivity index (χ0v) is 11.6. The molecule has 0 aliphatic heterocycles. The monoisotopic (exact) mass is 255 g/mol. The Morgan fingerprint density at radius 3 is 2.74 bits per heavy atom. The van der Waals surface area contributed by atoms with Gasteiger partial charge in [-0.2, -0.15) is 0 Å². The molecule has 1 aliphatic carbocycles. The first-order valence-corrected chi connectivity index (χ1v) is 7.08. The number of hydrogen-bond donors (Lipinski definition) is 1. The van der Waals surface area contributed by atoms with E-state index >= 15 is 0 Å². The lowest BCUT2D eigenvalue weighted by molar-refractivity contribution is 0.258. The van der Waals surface area contributed by atoms with Gasteiger partial charge < -0.3 is 9.73 Å². The number of benzene rings is 1. The van der Waals surface area contributed by atoms with E-state index in [1.54, 1.807) is 6.26 Å². The van der Waals surface area contributed by atoms with Gasteiger partial charge in [0.05, 0.1) is 12.3 Å². The van der Waals surface area contributed by atoms with Crippen molar-refractivity contribution in [2.75, 3.05) is 0 Å². The molecule has 0 amide bonds. The van der Waals surface area contributed by atoms with Crippen LogP contribution >= 0.6 is 0 Å². The van der Waals surface area contributed by atoms with E-state index in [2.05, 4.69) is 43.4 Å². The highest BCUT2D eigenvalue weighted by atomic mass is 16.3. The normalized spacial score (nSPS) is 23.9. The van der Waals surface area contributed by atoms with E-state index in [1.165, 1.54) is 24.0 Å². The van der Waals surface area contributed by atoms with Crippen molar-refractivity contribution in [1.29, 1.82) is 0 Å². The Morgan fingerprint density at radius 2 is 2.05 bits per heavy atom. The van der Waals surface area contributed by atoms with E-state index < -0.39 is 0 Å². The predicted octanol–water partition coefficient (Wildman–Crippen LogP) is 4.18. The molecule has 1 aliphatic rings. The second-order valence-electron chi connectivity index (χ2n) is 5.68. The molecule has 100 valence electrons. The van der Waals surface area contributed by atoms with Gasteiger partial charge >= 0.3 is 0 Å². The summed E-state index contributed by atoms with van der Waals surface area (Å²) in [5, 5.41) is 3.64. The highest BCUT2D eigenvalue weighted by molar-refractivity contribution is 5.27. The number of aryl methyl sites for hydroxylation is 1. The lowest BCUT2D eigenvalue weighted by atomic mass is 9.75. The fraction of sp³-hybridized carbons (Fsp3) is 0.412. The molecule has 1 N–H and O–H groups in total. The first kappa shape index (κ1) is 12.5. The Balaban J connectivity index is 1.53. The van der Waals surface area contributed by atoms with Crippen LogP contribution in [-0.2, 0) is 0 Å². The van der Waals surface area contributed by atoms with Gasteiger partial charge in [-0.1, -0.05) is 29.8 Å². The maximum absolute atomic E-state index is 5.43. The average molecular weight is 255 g/mol.